The molecule has 134 valence electrons. The van der Waals surface area contributed by atoms with E-state index in [1.807, 2.05) is 6.92 Å². The molecule has 7 heteroatoms. The SMILES string of the molecule is Cc1ccc([N+](=O)[O-])c(OCCOCCN2C[C@H](C)O[C@@H](C)C2)c1. The molecule has 0 aromatic heterocycles. The van der Waals surface area contributed by atoms with Gasteiger partial charge in [0.15, 0.2) is 5.75 Å². The maximum atomic E-state index is 11.0. The van der Waals surface area contributed by atoms with Crippen LogP contribution in [0.2, 0.25) is 0 Å². The Morgan fingerprint density at radius 1 is 1.25 bits per heavy atom. The van der Waals surface area contributed by atoms with Gasteiger partial charge in [-0.25, -0.2) is 0 Å². The van der Waals surface area contributed by atoms with Crippen molar-refractivity contribution in [3.8, 4) is 5.75 Å². The molecule has 0 radical (unpaired) electrons. The number of hydrogen-bond donors (Lipinski definition) is 0. The molecule has 2 rings (SSSR count). The zero-order valence-electron chi connectivity index (χ0n) is 14.6. The van der Waals surface area contributed by atoms with Crippen molar-refractivity contribution in [1.82, 2.24) is 4.90 Å². The lowest BCUT2D eigenvalue weighted by Crippen LogP contribution is -2.46. The van der Waals surface area contributed by atoms with Gasteiger partial charge in [0.1, 0.15) is 6.61 Å². The molecule has 0 amide bonds. The van der Waals surface area contributed by atoms with Crippen LogP contribution in [0.4, 0.5) is 5.69 Å². The van der Waals surface area contributed by atoms with Gasteiger partial charge in [-0.05, 0) is 32.4 Å². The van der Waals surface area contributed by atoms with Gasteiger partial charge in [0.25, 0.3) is 0 Å². The number of ether oxygens (including phenoxy) is 3. The summed E-state index contributed by atoms with van der Waals surface area (Å²) in [5.74, 6) is 0.291. The fourth-order valence-electron chi connectivity index (χ4n) is 2.86. The van der Waals surface area contributed by atoms with Crippen LogP contribution in [0, 0.1) is 17.0 Å². The molecule has 24 heavy (non-hydrogen) atoms. The predicted octanol–water partition coefficient (Wildman–Crippen LogP) is 2.41. The molecule has 1 aromatic carbocycles. The van der Waals surface area contributed by atoms with Gasteiger partial charge in [0.05, 0.1) is 30.3 Å². The van der Waals surface area contributed by atoms with Gasteiger partial charge in [0.2, 0.25) is 0 Å². The number of hydrogen-bond acceptors (Lipinski definition) is 6. The molecule has 0 saturated carbocycles. The molecule has 0 bridgehead atoms. The molecule has 1 heterocycles. The summed E-state index contributed by atoms with van der Waals surface area (Å²) >= 11 is 0. The van der Waals surface area contributed by atoms with Gasteiger partial charge in [-0.1, -0.05) is 6.07 Å². The number of morpholine rings is 1. The van der Waals surface area contributed by atoms with E-state index in [0.717, 1.165) is 25.2 Å². The highest BCUT2D eigenvalue weighted by Crippen LogP contribution is 2.27. The van der Waals surface area contributed by atoms with Gasteiger partial charge in [-0.15, -0.1) is 0 Å². The second-order valence-electron chi connectivity index (χ2n) is 6.21. The minimum atomic E-state index is -0.434. The first-order valence-corrected chi connectivity index (χ1v) is 8.29. The molecule has 0 unspecified atom stereocenters. The third kappa shape index (κ3) is 5.74. The summed E-state index contributed by atoms with van der Waals surface area (Å²) in [6.45, 7) is 10.0. The zero-order chi connectivity index (χ0) is 17.5. The van der Waals surface area contributed by atoms with Crippen LogP contribution in [0.3, 0.4) is 0 Å². The van der Waals surface area contributed by atoms with Crippen molar-refractivity contribution >= 4 is 5.69 Å². The summed E-state index contributed by atoms with van der Waals surface area (Å²) in [6.07, 6.45) is 0.498. The second-order valence-corrected chi connectivity index (χ2v) is 6.21. The molecule has 1 aromatic rings. The fourth-order valence-corrected chi connectivity index (χ4v) is 2.86. The average molecular weight is 338 g/mol. The average Bonchev–Trinajstić information content (AvgIpc) is 2.49. The normalized spacial score (nSPS) is 21.6. The summed E-state index contributed by atoms with van der Waals surface area (Å²) in [5, 5.41) is 11.0. The highest BCUT2D eigenvalue weighted by Gasteiger charge is 2.21. The Labute approximate surface area is 142 Å². The first-order chi connectivity index (χ1) is 11.5. The van der Waals surface area contributed by atoms with E-state index in [4.69, 9.17) is 14.2 Å². The van der Waals surface area contributed by atoms with Gasteiger partial charge < -0.3 is 14.2 Å². The van der Waals surface area contributed by atoms with Crippen LogP contribution in [0.15, 0.2) is 18.2 Å². The molecule has 2 atom stereocenters. The predicted molar refractivity (Wildman–Crippen MR) is 90.6 cm³/mol. The molecule has 0 aliphatic carbocycles. The smallest absolute Gasteiger partial charge is 0.310 e. The minimum Gasteiger partial charge on any atom is -0.484 e. The minimum absolute atomic E-state index is 0.0168. The van der Waals surface area contributed by atoms with E-state index in [1.165, 1.54) is 6.07 Å². The quantitative estimate of drug-likeness (QED) is 0.412. The second kappa shape index (κ2) is 8.96. The Morgan fingerprint density at radius 3 is 2.62 bits per heavy atom. The molecule has 7 nitrogen and oxygen atoms in total. The monoisotopic (exact) mass is 338 g/mol. The summed E-state index contributed by atoms with van der Waals surface area (Å²) in [4.78, 5) is 12.9. The van der Waals surface area contributed by atoms with Crippen molar-refractivity contribution in [2.75, 3.05) is 39.5 Å². The maximum absolute atomic E-state index is 11.0. The summed E-state index contributed by atoms with van der Waals surface area (Å²) in [6, 6.07) is 4.84. The highest BCUT2D eigenvalue weighted by atomic mass is 16.6. The Hall–Kier alpha value is -1.70. The summed E-state index contributed by atoms with van der Waals surface area (Å²) in [7, 11) is 0. The largest absolute Gasteiger partial charge is 0.484 e. The van der Waals surface area contributed by atoms with Gasteiger partial charge in [-0.3, -0.25) is 15.0 Å². The van der Waals surface area contributed by atoms with Crippen molar-refractivity contribution in [3.05, 3.63) is 33.9 Å². The van der Waals surface area contributed by atoms with E-state index in [-0.39, 0.29) is 17.9 Å². The number of nitrogens with zero attached hydrogens (tertiary/aromatic N) is 2. The van der Waals surface area contributed by atoms with E-state index < -0.39 is 4.92 Å². The van der Waals surface area contributed by atoms with E-state index in [2.05, 4.69) is 18.7 Å². The topological polar surface area (TPSA) is 74.1 Å². The molecule has 1 aliphatic heterocycles. The lowest BCUT2D eigenvalue weighted by atomic mass is 10.2. The molecule has 0 N–H and O–H groups in total. The summed E-state index contributed by atoms with van der Waals surface area (Å²) in [5.41, 5.74) is 0.906. The van der Waals surface area contributed by atoms with Gasteiger partial charge in [0, 0.05) is 25.7 Å². The number of benzene rings is 1. The van der Waals surface area contributed by atoms with Crippen LogP contribution in [-0.4, -0.2) is 61.5 Å². The third-order valence-corrected chi connectivity index (χ3v) is 3.84. The Balaban J connectivity index is 1.67. The molecule has 1 fully saturated rings. The van der Waals surface area contributed by atoms with Crippen molar-refractivity contribution < 1.29 is 19.1 Å². The zero-order valence-corrected chi connectivity index (χ0v) is 14.6. The molecular weight excluding hydrogens is 312 g/mol. The first-order valence-electron chi connectivity index (χ1n) is 8.29. The van der Waals surface area contributed by atoms with Crippen LogP contribution < -0.4 is 4.74 Å². The van der Waals surface area contributed by atoms with E-state index in [1.54, 1.807) is 12.1 Å². The summed E-state index contributed by atoms with van der Waals surface area (Å²) < 4.78 is 16.8. The van der Waals surface area contributed by atoms with Crippen LogP contribution >= 0.6 is 0 Å². The number of nitro benzene ring substituents is 1. The fraction of sp³-hybridized carbons (Fsp3) is 0.647. The van der Waals surface area contributed by atoms with E-state index in [9.17, 15) is 10.1 Å². The molecule has 0 spiro atoms. The standard InChI is InChI=1S/C17H26N2O5/c1-13-4-5-16(19(20)21)17(10-13)23-9-8-22-7-6-18-11-14(2)24-15(3)12-18/h4-5,10,14-15H,6-9,11-12H2,1-3H3/t14-,15-/m0/s1. The molecule has 1 saturated heterocycles. The number of aryl methyl sites for hydroxylation is 1. The number of nitro groups is 1. The Bertz CT molecular complexity index is 542. The Morgan fingerprint density at radius 2 is 1.96 bits per heavy atom. The third-order valence-electron chi connectivity index (χ3n) is 3.84. The van der Waals surface area contributed by atoms with Crippen molar-refractivity contribution in [2.24, 2.45) is 0 Å². The van der Waals surface area contributed by atoms with Crippen LogP contribution in [0.25, 0.3) is 0 Å². The van der Waals surface area contributed by atoms with Crippen molar-refractivity contribution in [3.63, 3.8) is 0 Å². The molecular formula is C17H26N2O5. The first kappa shape index (κ1) is 18.6. The van der Waals surface area contributed by atoms with Crippen molar-refractivity contribution in [2.45, 2.75) is 33.0 Å². The Kier molecular flexibility index (Phi) is 6.96. The van der Waals surface area contributed by atoms with Gasteiger partial charge in [-0.2, -0.15) is 0 Å². The maximum Gasteiger partial charge on any atom is 0.310 e. The van der Waals surface area contributed by atoms with Gasteiger partial charge >= 0.3 is 5.69 Å². The van der Waals surface area contributed by atoms with Crippen LogP contribution in [0.1, 0.15) is 19.4 Å². The lowest BCUT2D eigenvalue weighted by molar-refractivity contribution is -0.385. The van der Waals surface area contributed by atoms with Crippen molar-refractivity contribution in [1.29, 1.82) is 0 Å². The highest BCUT2D eigenvalue weighted by molar-refractivity contribution is 5.48. The number of rotatable bonds is 8. The van der Waals surface area contributed by atoms with Crippen LogP contribution in [-0.2, 0) is 9.47 Å². The van der Waals surface area contributed by atoms with E-state index >= 15 is 0 Å². The lowest BCUT2D eigenvalue weighted by Gasteiger charge is -2.35. The molecule has 1 aliphatic rings. The van der Waals surface area contributed by atoms with Crippen LogP contribution in [0.5, 0.6) is 5.75 Å². The van der Waals surface area contributed by atoms with E-state index in [0.29, 0.717) is 25.6 Å².